The van der Waals surface area contributed by atoms with E-state index in [1.807, 2.05) is 0 Å². The fraction of sp³-hybridized carbons (Fsp3) is 0.667. The Kier molecular flexibility index (Phi) is 2.97. The molecule has 0 saturated carbocycles. The largest absolute Gasteiger partial charge is 0.330 e. The Bertz CT molecular complexity index is 236. The molecular weight excluding hydrogens is 158 g/mol. The highest BCUT2D eigenvalue weighted by Gasteiger charge is 2.34. The molecule has 0 aromatic heterocycles. The fourth-order valence-electron chi connectivity index (χ4n) is 2.17. The van der Waals surface area contributed by atoms with E-state index in [1.165, 1.54) is 11.1 Å². The van der Waals surface area contributed by atoms with Gasteiger partial charge in [0.25, 0.3) is 0 Å². The van der Waals surface area contributed by atoms with E-state index in [0.29, 0.717) is 5.92 Å². The van der Waals surface area contributed by atoms with Gasteiger partial charge in [-0.05, 0) is 43.2 Å². The predicted octanol–water partition coefficient (Wildman–Crippen LogP) is 2.88. The Labute approximate surface area is 81.7 Å². The normalized spacial score (nSPS) is 27.2. The van der Waals surface area contributed by atoms with Gasteiger partial charge >= 0.3 is 0 Å². The summed E-state index contributed by atoms with van der Waals surface area (Å²) >= 11 is 0. The van der Waals surface area contributed by atoms with Gasteiger partial charge in [-0.15, -0.1) is 0 Å². The van der Waals surface area contributed by atoms with Crippen molar-refractivity contribution < 1.29 is 0 Å². The maximum absolute atomic E-state index is 5.61. The molecule has 1 rings (SSSR count). The highest BCUT2D eigenvalue weighted by molar-refractivity contribution is 5.35. The van der Waals surface area contributed by atoms with Crippen molar-refractivity contribution in [1.29, 1.82) is 0 Å². The Morgan fingerprint density at radius 2 is 2.23 bits per heavy atom. The maximum Gasteiger partial charge on any atom is -0.00742 e. The van der Waals surface area contributed by atoms with Crippen LogP contribution in [0.2, 0.25) is 0 Å². The van der Waals surface area contributed by atoms with E-state index in [1.54, 1.807) is 0 Å². The van der Waals surface area contributed by atoms with Gasteiger partial charge in [0.05, 0.1) is 0 Å². The smallest absolute Gasteiger partial charge is 0.00742 e. The van der Waals surface area contributed by atoms with Crippen LogP contribution < -0.4 is 5.73 Å². The average Bonchev–Trinajstić information content (AvgIpc) is 2.07. The second-order valence-corrected chi connectivity index (χ2v) is 4.60. The van der Waals surface area contributed by atoms with Crippen molar-refractivity contribution in [2.75, 3.05) is 6.54 Å². The van der Waals surface area contributed by atoms with Crippen LogP contribution in [0.25, 0.3) is 0 Å². The molecular formula is C12H21N. The van der Waals surface area contributed by atoms with Crippen LogP contribution in [0.3, 0.4) is 0 Å². The molecule has 13 heavy (non-hydrogen) atoms. The molecule has 74 valence electrons. The second-order valence-electron chi connectivity index (χ2n) is 4.60. The molecule has 0 aromatic rings. The quantitative estimate of drug-likeness (QED) is 0.693. The van der Waals surface area contributed by atoms with E-state index in [-0.39, 0.29) is 5.41 Å². The number of hydrogen-bond donors (Lipinski definition) is 1. The van der Waals surface area contributed by atoms with Crippen LogP contribution in [0, 0.1) is 11.3 Å². The lowest BCUT2D eigenvalue weighted by molar-refractivity contribution is 0.247. The number of allylic oxidation sites excluding steroid dienone is 3. The van der Waals surface area contributed by atoms with E-state index < -0.39 is 0 Å². The Balaban J connectivity index is 2.86. The van der Waals surface area contributed by atoms with Crippen molar-refractivity contribution in [2.45, 2.75) is 33.6 Å². The zero-order valence-corrected chi connectivity index (χ0v) is 9.06. The molecule has 1 atom stereocenters. The first-order valence-corrected chi connectivity index (χ1v) is 5.06. The van der Waals surface area contributed by atoms with Gasteiger partial charge in [-0.25, -0.2) is 0 Å². The van der Waals surface area contributed by atoms with Gasteiger partial charge in [0.2, 0.25) is 0 Å². The summed E-state index contributed by atoms with van der Waals surface area (Å²) in [6.07, 6.45) is 4.57. The molecule has 0 heterocycles. The highest BCUT2D eigenvalue weighted by atomic mass is 14.5. The van der Waals surface area contributed by atoms with Gasteiger partial charge < -0.3 is 5.73 Å². The summed E-state index contributed by atoms with van der Waals surface area (Å²) < 4.78 is 0. The zero-order chi connectivity index (χ0) is 10.1. The van der Waals surface area contributed by atoms with Crippen LogP contribution >= 0.6 is 0 Å². The van der Waals surface area contributed by atoms with Crippen molar-refractivity contribution in [3.8, 4) is 0 Å². The molecule has 1 unspecified atom stereocenters. The molecule has 1 aliphatic rings. The van der Waals surface area contributed by atoms with Crippen molar-refractivity contribution in [2.24, 2.45) is 17.1 Å². The lowest BCUT2D eigenvalue weighted by Gasteiger charge is -2.39. The summed E-state index contributed by atoms with van der Waals surface area (Å²) in [5, 5.41) is 0. The highest BCUT2D eigenvalue weighted by Crippen LogP contribution is 2.44. The van der Waals surface area contributed by atoms with Crippen molar-refractivity contribution in [3.05, 3.63) is 23.8 Å². The van der Waals surface area contributed by atoms with E-state index in [4.69, 9.17) is 5.73 Å². The summed E-state index contributed by atoms with van der Waals surface area (Å²) in [7, 11) is 0. The second kappa shape index (κ2) is 3.67. The summed E-state index contributed by atoms with van der Waals surface area (Å²) in [6, 6.07) is 0. The molecule has 1 nitrogen and oxygen atoms in total. The topological polar surface area (TPSA) is 26.0 Å². The molecule has 0 fully saturated rings. The number of rotatable bonds is 2. The Morgan fingerprint density at radius 3 is 2.77 bits per heavy atom. The van der Waals surface area contributed by atoms with Gasteiger partial charge in [-0.1, -0.05) is 32.1 Å². The summed E-state index contributed by atoms with van der Waals surface area (Å²) in [6.45, 7) is 11.7. The van der Waals surface area contributed by atoms with Crippen LogP contribution in [-0.2, 0) is 0 Å². The predicted molar refractivity (Wildman–Crippen MR) is 58.5 cm³/mol. The third kappa shape index (κ3) is 1.86. The van der Waals surface area contributed by atoms with Crippen LogP contribution in [0.15, 0.2) is 23.8 Å². The third-order valence-corrected chi connectivity index (χ3v) is 3.50. The minimum atomic E-state index is 0.234. The van der Waals surface area contributed by atoms with Crippen LogP contribution in [0.1, 0.15) is 33.6 Å². The lowest BCUT2D eigenvalue weighted by atomic mass is 9.65. The minimum absolute atomic E-state index is 0.234. The molecule has 1 heteroatoms. The minimum Gasteiger partial charge on any atom is -0.330 e. The van der Waals surface area contributed by atoms with Crippen molar-refractivity contribution >= 4 is 0 Å². The van der Waals surface area contributed by atoms with Crippen molar-refractivity contribution in [1.82, 2.24) is 0 Å². The summed E-state index contributed by atoms with van der Waals surface area (Å²) in [5.74, 6) is 0.675. The number of nitrogens with two attached hydrogens (primary N) is 1. The molecule has 0 aliphatic heterocycles. The zero-order valence-electron chi connectivity index (χ0n) is 9.06. The Morgan fingerprint density at radius 1 is 1.62 bits per heavy atom. The first-order valence-electron chi connectivity index (χ1n) is 5.06. The van der Waals surface area contributed by atoms with Crippen LogP contribution in [0.4, 0.5) is 0 Å². The molecule has 2 N–H and O–H groups in total. The average molecular weight is 179 g/mol. The van der Waals surface area contributed by atoms with Gasteiger partial charge in [0, 0.05) is 0 Å². The van der Waals surface area contributed by atoms with Gasteiger partial charge in [0.15, 0.2) is 0 Å². The fourth-order valence-corrected chi connectivity index (χ4v) is 2.17. The van der Waals surface area contributed by atoms with Crippen molar-refractivity contribution in [3.63, 3.8) is 0 Å². The van der Waals surface area contributed by atoms with Crippen LogP contribution in [-0.4, -0.2) is 6.54 Å². The molecule has 0 saturated heterocycles. The molecule has 0 amide bonds. The summed E-state index contributed by atoms with van der Waals surface area (Å²) in [4.78, 5) is 0. The van der Waals surface area contributed by atoms with E-state index in [0.717, 1.165) is 19.4 Å². The van der Waals surface area contributed by atoms with E-state index in [9.17, 15) is 0 Å². The molecule has 0 radical (unpaired) electrons. The monoisotopic (exact) mass is 179 g/mol. The molecule has 0 bridgehead atoms. The van der Waals surface area contributed by atoms with E-state index in [2.05, 4.69) is 33.4 Å². The molecule has 0 aromatic carbocycles. The maximum atomic E-state index is 5.61. The molecule has 0 spiro atoms. The van der Waals surface area contributed by atoms with Gasteiger partial charge in [-0.3, -0.25) is 0 Å². The SMILES string of the molecule is C=C1C(C)=CCC(CCN)C1(C)C. The summed E-state index contributed by atoms with van der Waals surface area (Å²) in [5.41, 5.74) is 8.49. The third-order valence-electron chi connectivity index (χ3n) is 3.50. The van der Waals surface area contributed by atoms with Gasteiger partial charge in [-0.2, -0.15) is 0 Å². The lowest BCUT2D eigenvalue weighted by Crippen LogP contribution is -2.30. The first kappa shape index (κ1) is 10.5. The molecule has 1 aliphatic carbocycles. The van der Waals surface area contributed by atoms with Gasteiger partial charge in [0.1, 0.15) is 0 Å². The number of hydrogen-bond acceptors (Lipinski definition) is 1. The Hall–Kier alpha value is -0.560. The first-order chi connectivity index (χ1) is 6.00. The van der Waals surface area contributed by atoms with Crippen LogP contribution in [0.5, 0.6) is 0 Å². The standard InChI is InChI=1S/C12H21N/c1-9-5-6-11(7-8-13)12(3,4)10(9)2/h5,11H,2,6-8,13H2,1,3-4H3. The van der Waals surface area contributed by atoms with E-state index >= 15 is 0 Å².